The van der Waals surface area contributed by atoms with Gasteiger partial charge in [-0.1, -0.05) is 11.6 Å². The molecule has 2 aliphatic rings. The van der Waals surface area contributed by atoms with Gasteiger partial charge in [-0.15, -0.1) is 0 Å². The van der Waals surface area contributed by atoms with Crippen molar-refractivity contribution in [1.82, 2.24) is 14.8 Å². The van der Waals surface area contributed by atoms with E-state index in [1.54, 1.807) is 9.80 Å². The van der Waals surface area contributed by atoms with Crippen LogP contribution in [0.5, 0.6) is 0 Å². The van der Waals surface area contributed by atoms with Crippen molar-refractivity contribution in [1.29, 1.82) is 0 Å². The van der Waals surface area contributed by atoms with Gasteiger partial charge in [0.05, 0.1) is 5.56 Å². The summed E-state index contributed by atoms with van der Waals surface area (Å²) < 4.78 is 5.64. The van der Waals surface area contributed by atoms with E-state index in [1.807, 2.05) is 6.92 Å². The molecule has 0 aliphatic carbocycles. The Hall–Kier alpha value is -1.86. The first-order valence-electron chi connectivity index (χ1n) is 8.51. The monoisotopic (exact) mass is 367 g/mol. The Balaban J connectivity index is 1.66. The molecule has 1 atom stereocenters. The van der Waals surface area contributed by atoms with Crippen LogP contribution < -0.4 is 5.56 Å². The Morgan fingerprint density at radius 1 is 1.20 bits per heavy atom. The van der Waals surface area contributed by atoms with Gasteiger partial charge < -0.3 is 19.5 Å². The number of carbonyl (C=O) groups excluding carboxylic acids is 2. The number of amides is 2. The van der Waals surface area contributed by atoms with Crippen molar-refractivity contribution in [2.75, 3.05) is 32.8 Å². The molecule has 0 spiro atoms. The molecule has 0 saturated carbocycles. The van der Waals surface area contributed by atoms with Gasteiger partial charge in [0.25, 0.3) is 17.4 Å². The highest BCUT2D eigenvalue weighted by atomic mass is 35.5. The first-order chi connectivity index (χ1) is 11.9. The number of aromatic nitrogens is 1. The summed E-state index contributed by atoms with van der Waals surface area (Å²) in [5.41, 5.74) is -0.808. The predicted octanol–water partition coefficient (Wildman–Crippen LogP) is 1.27. The van der Waals surface area contributed by atoms with Gasteiger partial charge >= 0.3 is 0 Å². The van der Waals surface area contributed by atoms with Crippen LogP contribution in [0.4, 0.5) is 0 Å². The topological polar surface area (TPSA) is 82.7 Å². The molecule has 2 fully saturated rings. The molecule has 7 nitrogen and oxygen atoms in total. The lowest BCUT2D eigenvalue weighted by Gasteiger charge is -2.30. The highest BCUT2D eigenvalue weighted by Gasteiger charge is 2.41. The molecule has 8 heteroatoms. The van der Waals surface area contributed by atoms with Crippen LogP contribution in [0.2, 0.25) is 5.02 Å². The number of ether oxygens (including phenoxy) is 1. The Labute approximate surface area is 150 Å². The smallest absolute Gasteiger partial charge is 0.266 e. The lowest BCUT2D eigenvalue weighted by Crippen LogP contribution is -2.48. The zero-order valence-corrected chi connectivity index (χ0v) is 15.0. The van der Waals surface area contributed by atoms with Crippen LogP contribution in [0.25, 0.3) is 0 Å². The van der Waals surface area contributed by atoms with E-state index in [0.29, 0.717) is 44.8 Å². The first-order valence-corrected chi connectivity index (χ1v) is 8.89. The molecule has 2 aliphatic heterocycles. The molecular formula is C17H22ClN3O4. The van der Waals surface area contributed by atoms with E-state index in [-0.39, 0.29) is 16.8 Å². The van der Waals surface area contributed by atoms with Crippen molar-refractivity contribution >= 4 is 23.4 Å². The first kappa shape index (κ1) is 17.9. The summed E-state index contributed by atoms with van der Waals surface area (Å²) in [5, 5.41) is -0.0104. The maximum Gasteiger partial charge on any atom is 0.266 e. The summed E-state index contributed by atoms with van der Waals surface area (Å²) >= 11 is 5.80. The van der Waals surface area contributed by atoms with E-state index in [0.717, 1.165) is 12.8 Å². The average molecular weight is 368 g/mol. The lowest BCUT2D eigenvalue weighted by atomic mass is 10.0. The molecule has 1 aromatic heterocycles. The minimum absolute atomic E-state index is 0.00591. The van der Waals surface area contributed by atoms with E-state index >= 15 is 0 Å². The van der Waals surface area contributed by atoms with Crippen molar-refractivity contribution in [3.63, 3.8) is 0 Å². The summed E-state index contributed by atoms with van der Waals surface area (Å²) in [6, 6.07) is 1.38. The zero-order chi connectivity index (χ0) is 18.0. The fourth-order valence-electron chi connectivity index (χ4n) is 3.37. The van der Waals surface area contributed by atoms with Crippen molar-refractivity contribution in [3.05, 3.63) is 33.2 Å². The molecule has 3 heterocycles. The second-order valence-corrected chi connectivity index (χ2v) is 7.09. The third kappa shape index (κ3) is 3.72. The third-order valence-electron chi connectivity index (χ3n) is 4.85. The van der Waals surface area contributed by atoms with Gasteiger partial charge in [0.1, 0.15) is 10.6 Å². The van der Waals surface area contributed by atoms with Gasteiger partial charge in [-0.25, -0.2) is 0 Å². The highest BCUT2D eigenvalue weighted by molar-refractivity contribution is 6.30. The number of hydrogen-bond donors (Lipinski definition) is 1. The number of rotatable bonds is 2. The number of pyridine rings is 1. The van der Waals surface area contributed by atoms with Crippen molar-refractivity contribution in [2.45, 2.75) is 31.8 Å². The van der Waals surface area contributed by atoms with Gasteiger partial charge in [0.15, 0.2) is 0 Å². The summed E-state index contributed by atoms with van der Waals surface area (Å²) in [5.74, 6) is -0.192. The maximum atomic E-state index is 12.7. The summed E-state index contributed by atoms with van der Waals surface area (Å²) in [6.07, 6.45) is 3.71. The zero-order valence-electron chi connectivity index (χ0n) is 14.2. The molecule has 2 saturated heterocycles. The van der Waals surface area contributed by atoms with Crippen LogP contribution in [0.1, 0.15) is 36.5 Å². The second-order valence-electron chi connectivity index (χ2n) is 6.69. The Kier molecular flexibility index (Phi) is 5.15. The van der Waals surface area contributed by atoms with Crippen LogP contribution in [0, 0.1) is 0 Å². The quantitative estimate of drug-likeness (QED) is 0.853. The Bertz CT molecular complexity index is 727. The van der Waals surface area contributed by atoms with Gasteiger partial charge in [0, 0.05) is 39.0 Å². The number of hydrogen-bond acceptors (Lipinski definition) is 4. The molecule has 1 aromatic rings. The summed E-state index contributed by atoms with van der Waals surface area (Å²) in [4.78, 5) is 42.6. The van der Waals surface area contributed by atoms with Crippen LogP contribution in [0.15, 0.2) is 17.1 Å². The summed E-state index contributed by atoms with van der Waals surface area (Å²) in [6.45, 7) is 4.54. The Morgan fingerprint density at radius 3 is 2.60 bits per heavy atom. The van der Waals surface area contributed by atoms with Crippen molar-refractivity contribution in [3.8, 4) is 0 Å². The number of H-pyrrole nitrogens is 1. The van der Waals surface area contributed by atoms with Gasteiger partial charge in [-0.3, -0.25) is 14.4 Å². The maximum absolute atomic E-state index is 12.7. The second kappa shape index (κ2) is 7.17. The minimum atomic E-state index is -0.731. The molecule has 1 unspecified atom stereocenters. The molecule has 0 radical (unpaired) electrons. The molecule has 1 N–H and O–H groups in total. The highest BCUT2D eigenvalue weighted by Crippen LogP contribution is 2.27. The average Bonchev–Trinajstić information content (AvgIpc) is 2.91. The molecule has 2 amide bonds. The fraction of sp³-hybridized carbons (Fsp3) is 0.588. The molecule has 136 valence electrons. The molecule has 3 rings (SSSR count). The van der Waals surface area contributed by atoms with Crippen molar-refractivity contribution in [2.24, 2.45) is 0 Å². The number of carbonyl (C=O) groups is 2. The van der Waals surface area contributed by atoms with E-state index in [1.165, 1.54) is 12.3 Å². The number of aromatic amines is 1. The van der Waals surface area contributed by atoms with Gasteiger partial charge in [-0.2, -0.15) is 0 Å². The van der Waals surface area contributed by atoms with Crippen LogP contribution in [-0.2, 0) is 9.53 Å². The van der Waals surface area contributed by atoms with E-state index < -0.39 is 11.2 Å². The van der Waals surface area contributed by atoms with E-state index in [9.17, 15) is 14.4 Å². The van der Waals surface area contributed by atoms with Crippen molar-refractivity contribution < 1.29 is 14.3 Å². The number of nitrogens with zero attached hydrogens (tertiary/aromatic N) is 2. The fourth-order valence-corrected chi connectivity index (χ4v) is 3.54. The van der Waals surface area contributed by atoms with E-state index in [2.05, 4.69) is 4.98 Å². The predicted molar refractivity (Wildman–Crippen MR) is 92.8 cm³/mol. The van der Waals surface area contributed by atoms with Crippen LogP contribution in [0.3, 0.4) is 0 Å². The molecule has 0 aromatic carbocycles. The lowest BCUT2D eigenvalue weighted by molar-refractivity contribution is -0.150. The van der Waals surface area contributed by atoms with Gasteiger partial charge in [-0.05, 0) is 32.3 Å². The SMILES string of the molecule is CC1(C(=O)N2CCCN(C(=O)c3c[nH]c(=O)c(Cl)c3)CC2)CCCO1. The van der Waals surface area contributed by atoms with E-state index in [4.69, 9.17) is 16.3 Å². The minimum Gasteiger partial charge on any atom is -0.365 e. The number of nitrogens with one attached hydrogen (secondary N) is 1. The third-order valence-corrected chi connectivity index (χ3v) is 5.13. The molecule has 25 heavy (non-hydrogen) atoms. The van der Waals surface area contributed by atoms with Crippen LogP contribution >= 0.6 is 11.6 Å². The normalized spacial score (nSPS) is 24.2. The molecular weight excluding hydrogens is 346 g/mol. The largest absolute Gasteiger partial charge is 0.365 e. The van der Waals surface area contributed by atoms with Crippen LogP contribution in [-0.4, -0.2) is 65.0 Å². The summed E-state index contributed by atoms with van der Waals surface area (Å²) in [7, 11) is 0. The standard InChI is InChI=1S/C17H22ClN3O4/c1-17(4-2-9-25-17)16(24)21-6-3-5-20(7-8-21)15(23)12-10-13(18)14(22)19-11-12/h10-11H,2-9H2,1H3,(H,19,22). The molecule has 0 bridgehead atoms. The van der Waals surface area contributed by atoms with Gasteiger partial charge in [0.2, 0.25) is 0 Å². The Morgan fingerprint density at radius 2 is 1.92 bits per heavy atom. The number of halogens is 1.